The van der Waals surface area contributed by atoms with Crippen LogP contribution in [0.15, 0.2) is 0 Å². The molecule has 2 nitrogen and oxygen atoms in total. The molecule has 1 heterocycles. The highest BCUT2D eigenvalue weighted by Crippen LogP contribution is 2.19. The standard InChI is InChI=1S/C15H28O2/c1-2-11-14-12-9-7-5-3-4-6-8-10-13-17-15(14)16/h14H,2-13H2,1H3. The molecule has 100 valence electrons. The van der Waals surface area contributed by atoms with Crippen LogP contribution in [0.5, 0.6) is 0 Å². The summed E-state index contributed by atoms with van der Waals surface area (Å²) in [5, 5.41) is 0. The van der Waals surface area contributed by atoms with E-state index < -0.39 is 0 Å². The van der Waals surface area contributed by atoms with E-state index in [0.29, 0.717) is 6.61 Å². The number of rotatable bonds is 2. The number of ether oxygens (including phenoxy) is 1. The Morgan fingerprint density at radius 2 is 1.59 bits per heavy atom. The van der Waals surface area contributed by atoms with E-state index in [-0.39, 0.29) is 11.9 Å². The zero-order valence-electron chi connectivity index (χ0n) is 11.4. The fourth-order valence-electron chi connectivity index (χ4n) is 2.57. The number of esters is 1. The van der Waals surface area contributed by atoms with E-state index in [9.17, 15) is 4.79 Å². The molecular formula is C15H28O2. The van der Waals surface area contributed by atoms with Crippen LogP contribution >= 0.6 is 0 Å². The summed E-state index contributed by atoms with van der Waals surface area (Å²) in [6.45, 7) is 2.79. The summed E-state index contributed by atoms with van der Waals surface area (Å²) in [7, 11) is 0. The highest BCUT2D eigenvalue weighted by Gasteiger charge is 2.18. The van der Waals surface area contributed by atoms with Crippen molar-refractivity contribution in [1.29, 1.82) is 0 Å². The molecule has 1 aliphatic heterocycles. The second kappa shape index (κ2) is 9.49. The Morgan fingerprint density at radius 1 is 1.00 bits per heavy atom. The van der Waals surface area contributed by atoms with Crippen molar-refractivity contribution in [3.63, 3.8) is 0 Å². The smallest absolute Gasteiger partial charge is 0.308 e. The minimum absolute atomic E-state index is 0.0612. The van der Waals surface area contributed by atoms with Crippen molar-refractivity contribution < 1.29 is 9.53 Å². The molecule has 1 fully saturated rings. The Hall–Kier alpha value is -0.530. The van der Waals surface area contributed by atoms with Crippen LogP contribution in [0.3, 0.4) is 0 Å². The molecule has 0 aliphatic carbocycles. The molecule has 0 spiro atoms. The molecule has 1 atom stereocenters. The number of carbonyl (C=O) groups is 1. The summed E-state index contributed by atoms with van der Waals surface area (Å²) in [6.07, 6.45) is 13.2. The molecule has 1 saturated heterocycles. The van der Waals surface area contributed by atoms with Crippen molar-refractivity contribution >= 4 is 5.97 Å². The van der Waals surface area contributed by atoms with E-state index in [1.807, 2.05) is 0 Å². The average Bonchev–Trinajstić information content (AvgIpc) is 2.35. The predicted octanol–water partition coefficient (Wildman–Crippen LogP) is 4.47. The lowest BCUT2D eigenvalue weighted by molar-refractivity contribution is -0.149. The topological polar surface area (TPSA) is 26.3 Å². The van der Waals surface area contributed by atoms with Gasteiger partial charge < -0.3 is 4.74 Å². The van der Waals surface area contributed by atoms with Crippen molar-refractivity contribution in [3.8, 4) is 0 Å². The van der Waals surface area contributed by atoms with Crippen LogP contribution in [0.4, 0.5) is 0 Å². The third kappa shape index (κ3) is 6.70. The molecule has 0 aromatic carbocycles. The maximum absolute atomic E-state index is 11.9. The van der Waals surface area contributed by atoms with Gasteiger partial charge in [-0.1, -0.05) is 58.3 Å². The number of hydrogen-bond donors (Lipinski definition) is 0. The van der Waals surface area contributed by atoms with Gasteiger partial charge in [-0.2, -0.15) is 0 Å². The van der Waals surface area contributed by atoms with Crippen LogP contribution < -0.4 is 0 Å². The summed E-state index contributed by atoms with van der Waals surface area (Å²) in [4.78, 5) is 11.9. The molecule has 1 unspecified atom stereocenters. The Kier molecular flexibility index (Phi) is 8.12. The molecule has 0 amide bonds. The lowest BCUT2D eigenvalue weighted by Crippen LogP contribution is -2.18. The lowest BCUT2D eigenvalue weighted by atomic mass is 9.96. The van der Waals surface area contributed by atoms with Crippen LogP contribution in [0.25, 0.3) is 0 Å². The van der Waals surface area contributed by atoms with E-state index in [1.165, 1.54) is 44.9 Å². The number of cyclic esters (lactones) is 1. The second-order valence-electron chi connectivity index (χ2n) is 5.27. The second-order valence-corrected chi connectivity index (χ2v) is 5.27. The van der Waals surface area contributed by atoms with Gasteiger partial charge in [0.25, 0.3) is 0 Å². The first-order valence-corrected chi connectivity index (χ1v) is 7.51. The van der Waals surface area contributed by atoms with E-state index >= 15 is 0 Å². The predicted molar refractivity (Wildman–Crippen MR) is 70.9 cm³/mol. The van der Waals surface area contributed by atoms with Gasteiger partial charge in [-0.05, 0) is 19.3 Å². The molecule has 2 heteroatoms. The molecule has 0 aromatic rings. The molecule has 0 aromatic heterocycles. The average molecular weight is 240 g/mol. The van der Waals surface area contributed by atoms with E-state index in [4.69, 9.17) is 4.74 Å². The van der Waals surface area contributed by atoms with Gasteiger partial charge in [-0.3, -0.25) is 4.79 Å². The number of hydrogen-bond acceptors (Lipinski definition) is 2. The van der Waals surface area contributed by atoms with E-state index in [1.54, 1.807) is 0 Å². The Balaban J connectivity index is 2.37. The van der Waals surface area contributed by atoms with Crippen LogP contribution in [-0.2, 0) is 9.53 Å². The maximum Gasteiger partial charge on any atom is 0.308 e. The molecule has 0 saturated carbocycles. The first-order chi connectivity index (χ1) is 8.34. The summed E-state index contributed by atoms with van der Waals surface area (Å²) in [6, 6.07) is 0. The van der Waals surface area contributed by atoms with Crippen molar-refractivity contribution in [2.24, 2.45) is 5.92 Å². The van der Waals surface area contributed by atoms with Gasteiger partial charge in [-0.15, -0.1) is 0 Å². The van der Waals surface area contributed by atoms with Gasteiger partial charge in [0.2, 0.25) is 0 Å². The fraction of sp³-hybridized carbons (Fsp3) is 0.933. The molecule has 0 radical (unpaired) electrons. The zero-order chi connectivity index (χ0) is 12.3. The third-order valence-electron chi connectivity index (χ3n) is 3.66. The van der Waals surface area contributed by atoms with Crippen molar-refractivity contribution in [1.82, 2.24) is 0 Å². The van der Waals surface area contributed by atoms with Gasteiger partial charge in [0.1, 0.15) is 0 Å². The van der Waals surface area contributed by atoms with E-state index in [0.717, 1.165) is 25.7 Å². The summed E-state index contributed by atoms with van der Waals surface area (Å²) < 4.78 is 5.38. The van der Waals surface area contributed by atoms with Crippen LogP contribution in [0.2, 0.25) is 0 Å². The normalized spacial score (nSPS) is 25.2. The largest absolute Gasteiger partial charge is 0.465 e. The molecular weight excluding hydrogens is 212 g/mol. The first-order valence-electron chi connectivity index (χ1n) is 7.51. The number of carbonyl (C=O) groups excluding carboxylic acids is 1. The van der Waals surface area contributed by atoms with E-state index in [2.05, 4.69) is 6.92 Å². The van der Waals surface area contributed by atoms with Gasteiger partial charge in [0.15, 0.2) is 0 Å². The summed E-state index contributed by atoms with van der Waals surface area (Å²) in [5.74, 6) is 0.229. The molecule has 1 rings (SSSR count). The van der Waals surface area contributed by atoms with Gasteiger partial charge in [0.05, 0.1) is 12.5 Å². The van der Waals surface area contributed by atoms with Gasteiger partial charge in [-0.25, -0.2) is 0 Å². The molecule has 17 heavy (non-hydrogen) atoms. The quantitative estimate of drug-likeness (QED) is 0.666. The minimum atomic E-state index is 0.0612. The zero-order valence-corrected chi connectivity index (χ0v) is 11.4. The molecule has 1 aliphatic rings. The fourth-order valence-corrected chi connectivity index (χ4v) is 2.57. The monoisotopic (exact) mass is 240 g/mol. The summed E-state index contributed by atoms with van der Waals surface area (Å²) in [5.41, 5.74) is 0. The third-order valence-corrected chi connectivity index (χ3v) is 3.66. The first kappa shape index (κ1) is 14.5. The van der Waals surface area contributed by atoms with Crippen LogP contribution in [-0.4, -0.2) is 12.6 Å². The van der Waals surface area contributed by atoms with Crippen LogP contribution in [0.1, 0.15) is 77.6 Å². The maximum atomic E-state index is 11.9. The molecule has 0 bridgehead atoms. The summed E-state index contributed by atoms with van der Waals surface area (Å²) >= 11 is 0. The highest BCUT2D eigenvalue weighted by atomic mass is 16.5. The Labute approximate surface area is 106 Å². The van der Waals surface area contributed by atoms with Crippen molar-refractivity contribution in [2.75, 3.05) is 6.61 Å². The SMILES string of the molecule is CCCC1CCCCCCCCCCOC1=O. The molecule has 0 N–H and O–H groups in total. The Bertz CT molecular complexity index is 201. The lowest BCUT2D eigenvalue weighted by Gasteiger charge is -2.14. The minimum Gasteiger partial charge on any atom is -0.465 e. The Morgan fingerprint density at radius 3 is 2.24 bits per heavy atom. The van der Waals surface area contributed by atoms with Crippen LogP contribution in [0, 0.1) is 5.92 Å². The van der Waals surface area contributed by atoms with Crippen molar-refractivity contribution in [3.05, 3.63) is 0 Å². The van der Waals surface area contributed by atoms with Gasteiger partial charge >= 0.3 is 5.97 Å². The highest BCUT2D eigenvalue weighted by molar-refractivity contribution is 5.72. The van der Waals surface area contributed by atoms with Crippen molar-refractivity contribution in [2.45, 2.75) is 77.6 Å². The van der Waals surface area contributed by atoms with Gasteiger partial charge in [0, 0.05) is 0 Å².